The quantitative estimate of drug-likeness (QED) is 0.762. The fraction of sp³-hybridized carbons (Fsp3) is 0.385. The first-order valence-electron chi connectivity index (χ1n) is 6.03. The van der Waals surface area contributed by atoms with Gasteiger partial charge in [0, 0.05) is 7.05 Å². The minimum atomic E-state index is -1.05. The van der Waals surface area contributed by atoms with E-state index in [2.05, 4.69) is 5.32 Å². The van der Waals surface area contributed by atoms with Crippen molar-refractivity contribution in [2.45, 2.75) is 12.5 Å². The van der Waals surface area contributed by atoms with Crippen LogP contribution in [0.3, 0.4) is 0 Å². The lowest BCUT2D eigenvalue weighted by Gasteiger charge is -2.25. The second kappa shape index (κ2) is 3.88. The molecule has 1 aromatic carbocycles. The maximum atomic E-state index is 12.2. The predicted molar refractivity (Wildman–Crippen MR) is 66.1 cm³/mol. The molecule has 0 aliphatic carbocycles. The average Bonchev–Trinajstić information content (AvgIpc) is 2.63. The van der Waals surface area contributed by atoms with Gasteiger partial charge in [-0.15, -0.1) is 0 Å². The highest BCUT2D eigenvalue weighted by Crippen LogP contribution is 2.36. The molecule has 2 aliphatic heterocycles. The number of nitrogens with zero attached hydrogens (tertiary/aromatic N) is 1. The van der Waals surface area contributed by atoms with Gasteiger partial charge in [0.15, 0.2) is 11.5 Å². The highest BCUT2D eigenvalue weighted by Gasteiger charge is 2.47. The Bertz CT molecular complexity index is 572. The number of hydrogen-bond donors (Lipinski definition) is 1. The molecule has 0 aromatic heterocycles. The molecular weight excluding hydrogens is 248 g/mol. The lowest BCUT2D eigenvalue weighted by atomic mass is 9.91. The highest BCUT2D eigenvalue weighted by atomic mass is 16.6. The molecule has 1 atom stereocenters. The van der Waals surface area contributed by atoms with E-state index in [1.54, 1.807) is 25.1 Å². The molecule has 0 spiro atoms. The van der Waals surface area contributed by atoms with Gasteiger partial charge in [-0.25, -0.2) is 4.79 Å². The summed E-state index contributed by atoms with van der Waals surface area (Å²) in [5, 5.41) is 2.69. The predicted octanol–water partition coefficient (Wildman–Crippen LogP) is 0.855. The second-order valence-electron chi connectivity index (χ2n) is 4.78. The molecule has 1 saturated heterocycles. The van der Waals surface area contributed by atoms with Crippen molar-refractivity contribution >= 4 is 11.9 Å². The third-order valence-electron chi connectivity index (χ3n) is 3.51. The van der Waals surface area contributed by atoms with E-state index in [0.717, 1.165) is 4.90 Å². The Balaban J connectivity index is 2.02. The molecule has 3 rings (SSSR count). The first-order chi connectivity index (χ1) is 9.02. The van der Waals surface area contributed by atoms with Gasteiger partial charge in [0.05, 0.1) is 0 Å². The molecule has 0 bridgehead atoms. The standard InChI is InChI=1S/C13H14N2O4/c1-13(11(16)15(2)12(17)14-13)8-3-4-9-10(7-8)19-6-5-18-9/h3-4,7H,5-6H2,1-2H3,(H,14,17)/t13-/m1/s1. The van der Waals surface area contributed by atoms with E-state index in [0.29, 0.717) is 30.3 Å². The number of rotatable bonds is 1. The molecule has 19 heavy (non-hydrogen) atoms. The fourth-order valence-corrected chi connectivity index (χ4v) is 2.33. The smallest absolute Gasteiger partial charge is 0.325 e. The molecule has 1 fully saturated rings. The van der Waals surface area contributed by atoms with Gasteiger partial charge in [-0.2, -0.15) is 0 Å². The molecule has 2 heterocycles. The van der Waals surface area contributed by atoms with Crippen LogP contribution in [0.25, 0.3) is 0 Å². The van der Waals surface area contributed by atoms with Gasteiger partial charge < -0.3 is 14.8 Å². The van der Waals surface area contributed by atoms with E-state index < -0.39 is 11.6 Å². The number of carbonyl (C=O) groups excluding carboxylic acids is 2. The summed E-state index contributed by atoms with van der Waals surface area (Å²) >= 11 is 0. The molecule has 6 heteroatoms. The molecule has 1 aromatic rings. The molecular formula is C13H14N2O4. The van der Waals surface area contributed by atoms with Crippen molar-refractivity contribution < 1.29 is 19.1 Å². The monoisotopic (exact) mass is 262 g/mol. The molecule has 3 amide bonds. The number of nitrogens with one attached hydrogen (secondary N) is 1. The van der Waals surface area contributed by atoms with Crippen molar-refractivity contribution in [3.63, 3.8) is 0 Å². The van der Waals surface area contributed by atoms with Crippen molar-refractivity contribution in [3.05, 3.63) is 23.8 Å². The van der Waals surface area contributed by atoms with Crippen LogP contribution in [0, 0.1) is 0 Å². The zero-order valence-electron chi connectivity index (χ0n) is 10.7. The van der Waals surface area contributed by atoms with Crippen LogP contribution in [0.1, 0.15) is 12.5 Å². The van der Waals surface area contributed by atoms with Crippen LogP contribution in [-0.2, 0) is 10.3 Å². The minimum absolute atomic E-state index is 0.283. The molecule has 6 nitrogen and oxygen atoms in total. The fourth-order valence-electron chi connectivity index (χ4n) is 2.33. The van der Waals surface area contributed by atoms with Crippen LogP contribution < -0.4 is 14.8 Å². The van der Waals surface area contributed by atoms with Crippen LogP contribution in [0.4, 0.5) is 4.79 Å². The van der Waals surface area contributed by atoms with Gasteiger partial charge in [0.1, 0.15) is 18.8 Å². The Labute approximate surface area is 110 Å². The van der Waals surface area contributed by atoms with E-state index in [1.165, 1.54) is 7.05 Å². The summed E-state index contributed by atoms with van der Waals surface area (Å²) in [7, 11) is 1.46. The third kappa shape index (κ3) is 1.63. The molecule has 1 N–H and O–H groups in total. The molecule has 0 radical (unpaired) electrons. The summed E-state index contributed by atoms with van der Waals surface area (Å²) in [5.41, 5.74) is -0.374. The van der Waals surface area contributed by atoms with Crippen molar-refractivity contribution in [3.8, 4) is 11.5 Å². The van der Waals surface area contributed by atoms with E-state index >= 15 is 0 Å². The van der Waals surface area contributed by atoms with Gasteiger partial charge in [-0.1, -0.05) is 6.07 Å². The molecule has 100 valence electrons. The Hall–Kier alpha value is -2.24. The van der Waals surface area contributed by atoms with Gasteiger partial charge in [-0.05, 0) is 24.6 Å². The average molecular weight is 262 g/mol. The van der Waals surface area contributed by atoms with Gasteiger partial charge >= 0.3 is 6.03 Å². The Kier molecular flexibility index (Phi) is 2.41. The van der Waals surface area contributed by atoms with Crippen LogP contribution in [0.5, 0.6) is 11.5 Å². The summed E-state index contributed by atoms with van der Waals surface area (Å²) in [5.74, 6) is 0.972. The molecule has 2 aliphatic rings. The number of ether oxygens (including phenoxy) is 2. The molecule has 0 unspecified atom stereocenters. The van der Waals surface area contributed by atoms with Gasteiger partial charge in [0.2, 0.25) is 0 Å². The summed E-state index contributed by atoms with van der Waals surface area (Å²) < 4.78 is 10.9. The Morgan fingerprint density at radius 1 is 1.21 bits per heavy atom. The normalized spacial score (nSPS) is 25.5. The van der Waals surface area contributed by atoms with Crippen LogP contribution in [-0.4, -0.2) is 37.1 Å². The summed E-state index contributed by atoms with van der Waals surface area (Å²) in [6.07, 6.45) is 0. The SMILES string of the molecule is CN1C(=O)N[C@](C)(c2ccc3c(c2)OCCO3)C1=O. The number of likely N-dealkylation sites (N-methyl/N-ethyl adjacent to an activating group) is 1. The number of fused-ring (bicyclic) bond motifs is 1. The number of imide groups is 1. The van der Waals surface area contributed by atoms with Crippen LogP contribution in [0.15, 0.2) is 18.2 Å². The summed E-state index contributed by atoms with van der Waals surface area (Å²) in [6.45, 7) is 2.68. The van der Waals surface area contributed by atoms with E-state index in [9.17, 15) is 9.59 Å². The number of carbonyl (C=O) groups is 2. The van der Waals surface area contributed by atoms with Crippen molar-refractivity contribution in [2.24, 2.45) is 0 Å². The van der Waals surface area contributed by atoms with Crippen molar-refractivity contribution in [1.82, 2.24) is 10.2 Å². The highest BCUT2D eigenvalue weighted by molar-refractivity contribution is 6.06. The number of amides is 3. The topological polar surface area (TPSA) is 67.9 Å². The van der Waals surface area contributed by atoms with E-state index in [1.807, 2.05) is 0 Å². The lowest BCUT2D eigenvalue weighted by Crippen LogP contribution is -2.40. The van der Waals surface area contributed by atoms with E-state index in [4.69, 9.17) is 9.47 Å². The first-order valence-corrected chi connectivity index (χ1v) is 6.03. The maximum absolute atomic E-state index is 12.2. The second-order valence-corrected chi connectivity index (χ2v) is 4.78. The zero-order valence-corrected chi connectivity index (χ0v) is 10.7. The molecule has 0 saturated carbocycles. The Morgan fingerprint density at radius 3 is 2.53 bits per heavy atom. The van der Waals surface area contributed by atoms with Crippen LogP contribution >= 0.6 is 0 Å². The third-order valence-corrected chi connectivity index (χ3v) is 3.51. The number of hydrogen-bond acceptors (Lipinski definition) is 4. The van der Waals surface area contributed by atoms with Crippen LogP contribution in [0.2, 0.25) is 0 Å². The van der Waals surface area contributed by atoms with Gasteiger partial charge in [0.25, 0.3) is 5.91 Å². The van der Waals surface area contributed by atoms with E-state index in [-0.39, 0.29) is 5.91 Å². The zero-order chi connectivity index (χ0) is 13.6. The number of urea groups is 1. The largest absolute Gasteiger partial charge is 0.486 e. The summed E-state index contributed by atoms with van der Waals surface area (Å²) in [6, 6.07) is 4.87. The van der Waals surface area contributed by atoms with Crippen molar-refractivity contribution in [1.29, 1.82) is 0 Å². The number of benzene rings is 1. The Morgan fingerprint density at radius 2 is 1.89 bits per heavy atom. The van der Waals surface area contributed by atoms with Crippen molar-refractivity contribution in [2.75, 3.05) is 20.3 Å². The maximum Gasteiger partial charge on any atom is 0.325 e. The summed E-state index contributed by atoms with van der Waals surface area (Å²) in [4.78, 5) is 24.9. The lowest BCUT2D eigenvalue weighted by molar-refractivity contribution is -0.130. The first kappa shape index (κ1) is 11.8. The van der Waals surface area contributed by atoms with Gasteiger partial charge in [-0.3, -0.25) is 9.69 Å². The minimum Gasteiger partial charge on any atom is -0.486 e.